The Morgan fingerprint density at radius 3 is 2.34 bits per heavy atom. The maximum atomic E-state index is 13.1. The number of imidazole rings is 1. The van der Waals surface area contributed by atoms with E-state index in [1.165, 1.54) is 13.2 Å². The van der Waals surface area contributed by atoms with Crippen molar-refractivity contribution in [1.29, 1.82) is 0 Å². The van der Waals surface area contributed by atoms with Gasteiger partial charge in [0.25, 0.3) is 10.2 Å². The molecule has 14 heteroatoms. The predicted octanol–water partition coefficient (Wildman–Crippen LogP) is -0.157. The fourth-order valence-electron chi connectivity index (χ4n) is 6.14. The molecule has 3 saturated heterocycles. The Balaban J connectivity index is 1.14. The van der Waals surface area contributed by atoms with Crippen LogP contribution in [-0.4, -0.2) is 94.1 Å². The molecule has 5 rings (SSSR count). The van der Waals surface area contributed by atoms with Crippen molar-refractivity contribution in [1.82, 2.24) is 28.0 Å². The Morgan fingerprint density at radius 2 is 1.66 bits per heavy atom. The van der Waals surface area contributed by atoms with Gasteiger partial charge in [0, 0.05) is 65.2 Å². The molecule has 2 aromatic rings. The SMILES string of the molecule is Cn1c(=O)n(C2CCC(=O)NC2=O)c2cccc(CCCCC(=O)N3CCN(S(=O)(=O)N4CCC(N)CC4)CC3)c21. The molecule has 4 heterocycles. The maximum absolute atomic E-state index is 13.1. The van der Waals surface area contributed by atoms with Gasteiger partial charge in [-0.2, -0.15) is 17.0 Å². The fraction of sp³-hybridized carbons (Fsp3) is 0.630. The number of nitrogens with one attached hydrogen (secondary N) is 1. The number of hydrogen-bond acceptors (Lipinski definition) is 7. The van der Waals surface area contributed by atoms with Crippen molar-refractivity contribution >= 4 is 39.0 Å². The van der Waals surface area contributed by atoms with E-state index in [1.54, 1.807) is 16.5 Å². The van der Waals surface area contributed by atoms with Crippen LogP contribution in [0.2, 0.25) is 0 Å². The Labute approximate surface area is 239 Å². The summed E-state index contributed by atoms with van der Waals surface area (Å²) in [6, 6.07) is 4.94. The fourth-order valence-corrected chi connectivity index (χ4v) is 7.76. The number of piperazine rings is 1. The van der Waals surface area contributed by atoms with E-state index in [9.17, 15) is 27.6 Å². The van der Waals surface area contributed by atoms with Crippen molar-refractivity contribution in [2.24, 2.45) is 12.8 Å². The van der Waals surface area contributed by atoms with Gasteiger partial charge in [-0.15, -0.1) is 0 Å². The molecule has 3 fully saturated rings. The van der Waals surface area contributed by atoms with Gasteiger partial charge < -0.3 is 10.6 Å². The molecular weight excluding hydrogens is 550 g/mol. The number of aryl methyl sites for hydroxylation is 2. The number of hydrogen-bond donors (Lipinski definition) is 2. The van der Waals surface area contributed by atoms with Crippen LogP contribution in [0.1, 0.15) is 56.6 Å². The molecule has 3 N–H and O–H groups in total. The average molecular weight is 590 g/mol. The molecule has 1 atom stereocenters. The highest BCUT2D eigenvalue weighted by atomic mass is 32.2. The summed E-state index contributed by atoms with van der Waals surface area (Å²) < 4.78 is 32.0. The quantitative estimate of drug-likeness (QED) is 0.320. The van der Waals surface area contributed by atoms with Gasteiger partial charge in [0.15, 0.2) is 0 Å². The number of nitrogens with two attached hydrogens (primary N) is 1. The largest absolute Gasteiger partial charge is 0.340 e. The first kappa shape index (κ1) is 29.4. The molecule has 0 radical (unpaired) electrons. The van der Waals surface area contributed by atoms with Crippen LogP contribution < -0.4 is 16.7 Å². The van der Waals surface area contributed by atoms with Crippen LogP contribution in [0.5, 0.6) is 0 Å². The number of carbonyl (C=O) groups excluding carboxylic acids is 3. The summed E-state index contributed by atoms with van der Waals surface area (Å²) in [5.41, 5.74) is 7.97. The number of imide groups is 1. The lowest BCUT2D eigenvalue weighted by molar-refractivity contribution is -0.136. The molecule has 0 saturated carbocycles. The molecule has 1 aromatic carbocycles. The van der Waals surface area contributed by atoms with Crippen LogP contribution in [0, 0.1) is 0 Å². The van der Waals surface area contributed by atoms with Crippen LogP contribution in [-0.2, 0) is 38.1 Å². The van der Waals surface area contributed by atoms with E-state index in [0.717, 1.165) is 17.5 Å². The van der Waals surface area contributed by atoms with Crippen molar-refractivity contribution in [3.8, 4) is 0 Å². The van der Waals surface area contributed by atoms with Crippen molar-refractivity contribution < 1.29 is 22.8 Å². The highest BCUT2D eigenvalue weighted by molar-refractivity contribution is 7.86. The highest BCUT2D eigenvalue weighted by Crippen LogP contribution is 2.26. The number of aromatic nitrogens is 2. The maximum Gasteiger partial charge on any atom is 0.329 e. The highest BCUT2D eigenvalue weighted by Gasteiger charge is 2.35. The average Bonchev–Trinajstić information content (AvgIpc) is 3.21. The number of unbranched alkanes of at least 4 members (excludes halogenated alkanes) is 1. The number of para-hydroxylation sites is 1. The van der Waals surface area contributed by atoms with Gasteiger partial charge in [0.1, 0.15) is 6.04 Å². The molecule has 1 aromatic heterocycles. The summed E-state index contributed by atoms with van der Waals surface area (Å²) in [4.78, 5) is 51.8. The Hall–Kier alpha value is -3.07. The van der Waals surface area contributed by atoms with Crippen LogP contribution in [0.15, 0.2) is 23.0 Å². The number of carbonyl (C=O) groups is 3. The van der Waals surface area contributed by atoms with Gasteiger partial charge in [-0.1, -0.05) is 12.1 Å². The van der Waals surface area contributed by atoms with Gasteiger partial charge in [-0.05, 0) is 50.2 Å². The van der Waals surface area contributed by atoms with Crippen molar-refractivity contribution in [2.75, 3.05) is 39.3 Å². The van der Waals surface area contributed by atoms with Crippen molar-refractivity contribution in [3.05, 3.63) is 34.2 Å². The second-order valence-electron chi connectivity index (χ2n) is 11.2. The van der Waals surface area contributed by atoms with Gasteiger partial charge in [0.2, 0.25) is 17.7 Å². The van der Waals surface area contributed by atoms with Crippen LogP contribution in [0.4, 0.5) is 0 Å². The van der Waals surface area contributed by atoms with Crippen molar-refractivity contribution in [2.45, 2.75) is 63.5 Å². The number of piperidine rings is 2. The minimum atomic E-state index is -3.53. The van der Waals surface area contributed by atoms with Crippen molar-refractivity contribution in [3.63, 3.8) is 0 Å². The molecule has 3 amide bonds. The van der Waals surface area contributed by atoms with E-state index in [0.29, 0.717) is 63.8 Å². The summed E-state index contributed by atoms with van der Waals surface area (Å²) >= 11 is 0. The van der Waals surface area contributed by atoms with Crippen LogP contribution in [0.25, 0.3) is 11.0 Å². The zero-order valence-corrected chi connectivity index (χ0v) is 24.3. The number of nitrogens with zero attached hydrogens (tertiary/aromatic N) is 5. The second-order valence-corrected chi connectivity index (χ2v) is 13.1. The van der Waals surface area contributed by atoms with E-state index in [1.807, 2.05) is 18.2 Å². The van der Waals surface area contributed by atoms with Crippen LogP contribution in [0.3, 0.4) is 0 Å². The minimum absolute atomic E-state index is 0.0145. The lowest BCUT2D eigenvalue weighted by atomic mass is 10.0. The summed E-state index contributed by atoms with van der Waals surface area (Å²) in [7, 11) is -1.85. The van der Waals surface area contributed by atoms with Gasteiger partial charge in [0.05, 0.1) is 11.0 Å². The van der Waals surface area contributed by atoms with Gasteiger partial charge >= 0.3 is 5.69 Å². The van der Waals surface area contributed by atoms with E-state index in [2.05, 4.69) is 5.32 Å². The zero-order valence-electron chi connectivity index (χ0n) is 23.5. The molecule has 0 aliphatic carbocycles. The number of rotatable bonds is 8. The normalized spacial score (nSPS) is 21.9. The molecule has 1 unspecified atom stereocenters. The van der Waals surface area contributed by atoms with E-state index in [4.69, 9.17) is 5.73 Å². The van der Waals surface area contributed by atoms with Crippen LogP contribution >= 0.6 is 0 Å². The number of amides is 3. The molecule has 3 aliphatic heterocycles. The smallest absolute Gasteiger partial charge is 0.329 e. The summed E-state index contributed by atoms with van der Waals surface area (Å²) in [5, 5.41) is 2.33. The van der Waals surface area contributed by atoms with Gasteiger partial charge in [-0.3, -0.25) is 28.8 Å². The van der Waals surface area contributed by atoms with E-state index >= 15 is 0 Å². The molecule has 0 spiro atoms. The second kappa shape index (κ2) is 12.0. The topological polar surface area (TPSA) is 160 Å². The number of benzene rings is 1. The number of fused-ring (bicyclic) bond motifs is 1. The summed E-state index contributed by atoms with van der Waals surface area (Å²) in [6.07, 6.45) is 4.19. The third-order valence-corrected chi connectivity index (χ3v) is 10.6. The van der Waals surface area contributed by atoms with E-state index < -0.39 is 22.2 Å². The Bertz CT molecular complexity index is 1480. The summed E-state index contributed by atoms with van der Waals surface area (Å²) in [5.74, 6) is -0.778. The first-order chi connectivity index (χ1) is 19.6. The third kappa shape index (κ3) is 5.96. The molecule has 3 aliphatic rings. The molecule has 224 valence electrons. The van der Waals surface area contributed by atoms with E-state index in [-0.39, 0.29) is 49.5 Å². The molecule has 13 nitrogen and oxygen atoms in total. The predicted molar refractivity (Wildman–Crippen MR) is 152 cm³/mol. The lowest BCUT2D eigenvalue weighted by Gasteiger charge is -2.38. The molecule has 41 heavy (non-hydrogen) atoms. The third-order valence-electron chi connectivity index (χ3n) is 8.54. The zero-order chi connectivity index (χ0) is 29.3. The first-order valence-corrected chi connectivity index (χ1v) is 15.8. The minimum Gasteiger partial charge on any atom is -0.340 e. The summed E-state index contributed by atoms with van der Waals surface area (Å²) in [6.45, 7) is 2.20. The van der Waals surface area contributed by atoms with Gasteiger partial charge in [-0.25, -0.2) is 4.79 Å². The monoisotopic (exact) mass is 589 g/mol. The standard InChI is InChI=1S/C27H39N7O6S/c1-30-25-19(6-4-7-21(25)34(27(30)38)22-9-10-23(35)29-26(22)37)5-2-3-8-24(36)31-15-17-33(18-16-31)41(39,40)32-13-11-20(28)12-14-32/h4,6-7,20,22H,2-3,5,8-18,28H2,1H3,(H,29,35,37). The molecular formula is C27H39N7O6S. The first-order valence-electron chi connectivity index (χ1n) is 14.4. The Morgan fingerprint density at radius 1 is 0.976 bits per heavy atom. The lowest BCUT2D eigenvalue weighted by Crippen LogP contribution is -2.55. The Kier molecular flexibility index (Phi) is 8.64. The molecule has 0 bridgehead atoms.